The Bertz CT molecular complexity index is 367. The predicted molar refractivity (Wildman–Crippen MR) is 80.3 cm³/mol. The van der Waals surface area contributed by atoms with Crippen LogP contribution in [-0.4, -0.2) is 17.6 Å². The highest BCUT2D eigenvalue weighted by Gasteiger charge is 2.24. The lowest BCUT2D eigenvalue weighted by molar-refractivity contribution is -0.0233. The van der Waals surface area contributed by atoms with Gasteiger partial charge >= 0.3 is 0 Å². The van der Waals surface area contributed by atoms with Gasteiger partial charge in [0.05, 0.1) is 18.4 Å². The van der Waals surface area contributed by atoms with Gasteiger partial charge in [0.15, 0.2) is 0 Å². The van der Waals surface area contributed by atoms with Gasteiger partial charge < -0.3 is 10.1 Å². The topological polar surface area (TPSA) is 34.2 Å². The van der Waals surface area contributed by atoms with Gasteiger partial charge in [0.2, 0.25) is 0 Å². The zero-order chi connectivity index (χ0) is 13.5. The number of rotatable bonds is 7. The highest BCUT2D eigenvalue weighted by Crippen LogP contribution is 2.29. The first-order valence-electron chi connectivity index (χ1n) is 7.59. The van der Waals surface area contributed by atoms with Crippen LogP contribution in [0.1, 0.15) is 56.7 Å². The van der Waals surface area contributed by atoms with Crippen molar-refractivity contribution in [3.8, 4) is 0 Å². The standard InChI is InChI=1S/C15H26N2OS/c1-3-12-7-5-6-8-14(12)18-10-13-11-19-15(17-13)9-16-4-2/h11-12,14,16H,3-10H2,1-2H3. The largest absolute Gasteiger partial charge is 0.372 e. The van der Waals surface area contributed by atoms with Gasteiger partial charge in [-0.15, -0.1) is 11.3 Å². The van der Waals surface area contributed by atoms with Crippen molar-refractivity contribution in [3.05, 3.63) is 16.1 Å². The predicted octanol–water partition coefficient (Wildman–Crippen LogP) is 3.74. The molecule has 1 N–H and O–H groups in total. The summed E-state index contributed by atoms with van der Waals surface area (Å²) in [6.45, 7) is 6.95. The monoisotopic (exact) mass is 282 g/mol. The van der Waals surface area contributed by atoms with Crippen LogP contribution in [0.5, 0.6) is 0 Å². The fraction of sp³-hybridized carbons (Fsp3) is 0.800. The zero-order valence-corrected chi connectivity index (χ0v) is 13.0. The van der Waals surface area contributed by atoms with Crippen molar-refractivity contribution in [2.24, 2.45) is 5.92 Å². The lowest BCUT2D eigenvalue weighted by Gasteiger charge is -2.30. The van der Waals surface area contributed by atoms with Crippen LogP contribution < -0.4 is 5.32 Å². The Labute approximate surface area is 120 Å². The minimum absolute atomic E-state index is 0.456. The van der Waals surface area contributed by atoms with Crippen molar-refractivity contribution in [1.29, 1.82) is 0 Å². The van der Waals surface area contributed by atoms with Crippen LogP contribution in [0, 0.1) is 5.92 Å². The minimum Gasteiger partial charge on any atom is -0.372 e. The van der Waals surface area contributed by atoms with Crippen LogP contribution >= 0.6 is 11.3 Å². The van der Waals surface area contributed by atoms with Gasteiger partial charge in [-0.1, -0.05) is 33.1 Å². The molecule has 0 aliphatic heterocycles. The van der Waals surface area contributed by atoms with Crippen LogP contribution in [0.25, 0.3) is 0 Å². The molecular weight excluding hydrogens is 256 g/mol. The lowest BCUT2D eigenvalue weighted by atomic mass is 9.85. The molecule has 0 spiro atoms. The molecule has 3 nitrogen and oxygen atoms in total. The fourth-order valence-electron chi connectivity index (χ4n) is 2.78. The molecule has 1 aliphatic rings. The minimum atomic E-state index is 0.456. The molecule has 1 saturated carbocycles. The molecule has 108 valence electrons. The van der Waals surface area contributed by atoms with Gasteiger partial charge in [-0.2, -0.15) is 0 Å². The van der Waals surface area contributed by atoms with Gasteiger partial charge in [-0.3, -0.25) is 0 Å². The Morgan fingerprint density at radius 3 is 3.00 bits per heavy atom. The summed E-state index contributed by atoms with van der Waals surface area (Å²) in [5.74, 6) is 0.758. The van der Waals surface area contributed by atoms with E-state index in [2.05, 4.69) is 29.5 Å². The second-order valence-corrected chi connectivity index (χ2v) is 6.26. The SMILES string of the molecule is CCNCc1nc(COC2CCCCC2CC)cs1. The molecule has 2 atom stereocenters. The molecule has 1 fully saturated rings. The van der Waals surface area contributed by atoms with Gasteiger partial charge in [0.25, 0.3) is 0 Å². The number of hydrogen-bond acceptors (Lipinski definition) is 4. The van der Waals surface area contributed by atoms with Crippen LogP contribution in [0.3, 0.4) is 0 Å². The van der Waals surface area contributed by atoms with E-state index >= 15 is 0 Å². The normalized spacial score (nSPS) is 23.7. The van der Waals surface area contributed by atoms with Crippen molar-refractivity contribution in [3.63, 3.8) is 0 Å². The molecule has 1 aromatic heterocycles. The van der Waals surface area contributed by atoms with Gasteiger partial charge in [0, 0.05) is 11.9 Å². The third-order valence-electron chi connectivity index (χ3n) is 3.93. The maximum absolute atomic E-state index is 6.11. The molecule has 1 heterocycles. The molecule has 19 heavy (non-hydrogen) atoms. The average Bonchev–Trinajstić information content (AvgIpc) is 2.91. The summed E-state index contributed by atoms with van der Waals surface area (Å²) in [5.41, 5.74) is 1.10. The van der Waals surface area contributed by atoms with Crippen molar-refractivity contribution >= 4 is 11.3 Å². The summed E-state index contributed by atoms with van der Waals surface area (Å²) in [6.07, 6.45) is 6.97. The summed E-state index contributed by atoms with van der Waals surface area (Å²) in [6, 6.07) is 0. The van der Waals surface area contributed by atoms with E-state index in [1.54, 1.807) is 11.3 Å². The first-order chi connectivity index (χ1) is 9.33. The molecule has 0 bridgehead atoms. The first-order valence-corrected chi connectivity index (χ1v) is 8.47. The molecule has 2 unspecified atom stereocenters. The maximum atomic E-state index is 6.11. The van der Waals surface area contributed by atoms with E-state index < -0.39 is 0 Å². The number of thiazole rings is 1. The number of nitrogens with zero attached hydrogens (tertiary/aromatic N) is 1. The Morgan fingerprint density at radius 2 is 2.21 bits per heavy atom. The van der Waals surface area contributed by atoms with E-state index in [9.17, 15) is 0 Å². The van der Waals surface area contributed by atoms with E-state index in [1.807, 2.05) is 0 Å². The van der Waals surface area contributed by atoms with Crippen molar-refractivity contribution in [2.45, 2.75) is 65.2 Å². The summed E-state index contributed by atoms with van der Waals surface area (Å²) in [7, 11) is 0. The molecule has 4 heteroatoms. The third kappa shape index (κ3) is 4.55. The summed E-state index contributed by atoms with van der Waals surface area (Å²) in [5, 5.41) is 6.61. The Kier molecular flexibility index (Phi) is 6.28. The fourth-order valence-corrected chi connectivity index (χ4v) is 3.53. The smallest absolute Gasteiger partial charge is 0.107 e. The van der Waals surface area contributed by atoms with Crippen LogP contribution in [-0.2, 0) is 17.9 Å². The number of hydrogen-bond donors (Lipinski definition) is 1. The number of aromatic nitrogens is 1. The number of ether oxygens (including phenoxy) is 1. The molecular formula is C15H26N2OS. The number of nitrogens with one attached hydrogen (secondary N) is 1. The van der Waals surface area contributed by atoms with Crippen LogP contribution in [0.2, 0.25) is 0 Å². The quantitative estimate of drug-likeness (QED) is 0.827. The average molecular weight is 282 g/mol. The van der Waals surface area contributed by atoms with E-state index in [4.69, 9.17) is 4.74 Å². The highest BCUT2D eigenvalue weighted by molar-refractivity contribution is 7.09. The van der Waals surface area contributed by atoms with Crippen molar-refractivity contribution < 1.29 is 4.74 Å². The molecule has 1 aliphatic carbocycles. The summed E-state index contributed by atoms with van der Waals surface area (Å²) < 4.78 is 6.11. The molecule has 0 saturated heterocycles. The van der Waals surface area contributed by atoms with Gasteiger partial charge in [-0.05, 0) is 25.3 Å². The van der Waals surface area contributed by atoms with Crippen LogP contribution in [0.15, 0.2) is 5.38 Å². The lowest BCUT2D eigenvalue weighted by Crippen LogP contribution is -2.27. The van der Waals surface area contributed by atoms with Gasteiger partial charge in [-0.25, -0.2) is 4.98 Å². The second kappa shape index (κ2) is 7.98. The van der Waals surface area contributed by atoms with E-state index in [0.29, 0.717) is 12.7 Å². The van der Waals surface area contributed by atoms with Crippen molar-refractivity contribution in [2.75, 3.05) is 6.54 Å². The zero-order valence-electron chi connectivity index (χ0n) is 12.2. The molecule has 0 radical (unpaired) electrons. The Balaban J connectivity index is 1.79. The second-order valence-electron chi connectivity index (χ2n) is 5.32. The molecule has 1 aromatic rings. The van der Waals surface area contributed by atoms with E-state index in [0.717, 1.165) is 29.7 Å². The van der Waals surface area contributed by atoms with E-state index in [1.165, 1.54) is 32.1 Å². The summed E-state index contributed by atoms with van der Waals surface area (Å²) >= 11 is 1.73. The molecule has 0 aromatic carbocycles. The Hall–Kier alpha value is -0.450. The molecule has 2 rings (SSSR count). The molecule has 0 amide bonds. The van der Waals surface area contributed by atoms with E-state index in [-0.39, 0.29) is 0 Å². The van der Waals surface area contributed by atoms with Crippen molar-refractivity contribution in [1.82, 2.24) is 10.3 Å². The highest BCUT2D eigenvalue weighted by atomic mass is 32.1. The Morgan fingerprint density at radius 1 is 1.37 bits per heavy atom. The van der Waals surface area contributed by atoms with Crippen LogP contribution in [0.4, 0.5) is 0 Å². The first kappa shape index (κ1) is 14.9. The third-order valence-corrected chi connectivity index (χ3v) is 4.83. The van der Waals surface area contributed by atoms with Gasteiger partial charge in [0.1, 0.15) is 5.01 Å². The summed E-state index contributed by atoms with van der Waals surface area (Å²) in [4.78, 5) is 4.61. The maximum Gasteiger partial charge on any atom is 0.107 e.